The third-order valence-electron chi connectivity index (χ3n) is 6.26. The molecular weight excluding hydrogens is 402 g/mol. The number of anilines is 1. The minimum absolute atomic E-state index is 0.0277. The van der Waals surface area contributed by atoms with Crippen molar-refractivity contribution in [3.05, 3.63) is 24.3 Å². The molecule has 0 unspecified atom stereocenters. The summed E-state index contributed by atoms with van der Waals surface area (Å²) in [6, 6.07) is 7.81. The van der Waals surface area contributed by atoms with Gasteiger partial charge in [0.15, 0.2) is 0 Å². The summed E-state index contributed by atoms with van der Waals surface area (Å²) in [4.78, 5) is 14.2. The number of benzene rings is 1. The predicted octanol–water partition coefficient (Wildman–Crippen LogP) is 2.62. The molecule has 1 aliphatic carbocycles. The minimum Gasteiger partial charge on any atom is -0.497 e. The number of nitrogens with one attached hydrogen (secondary N) is 1. The van der Waals surface area contributed by atoms with E-state index in [0.29, 0.717) is 38.5 Å². The van der Waals surface area contributed by atoms with Gasteiger partial charge in [0, 0.05) is 44.8 Å². The quantitative estimate of drug-likeness (QED) is 0.643. The van der Waals surface area contributed by atoms with Crippen LogP contribution in [0, 0.1) is 5.92 Å². The zero-order valence-electron chi connectivity index (χ0n) is 18.0. The fourth-order valence-corrected chi connectivity index (χ4v) is 5.70. The smallest absolute Gasteiger partial charge is 0.220 e. The maximum absolute atomic E-state index is 12.6. The number of amides is 1. The molecule has 3 rings (SSSR count). The Morgan fingerprint density at radius 3 is 2.37 bits per heavy atom. The number of hydrogen-bond acceptors (Lipinski definition) is 5. The number of sulfonamides is 1. The van der Waals surface area contributed by atoms with Crippen molar-refractivity contribution in [1.29, 1.82) is 0 Å². The molecule has 1 aliphatic heterocycles. The summed E-state index contributed by atoms with van der Waals surface area (Å²) in [5, 5.41) is 2.80. The Morgan fingerprint density at radius 1 is 1.07 bits per heavy atom. The molecule has 7 nitrogen and oxygen atoms in total. The zero-order chi connectivity index (χ0) is 21.4. The van der Waals surface area contributed by atoms with Gasteiger partial charge < -0.3 is 15.0 Å². The van der Waals surface area contributed by atoms with E-state index in [4.69, 9.17) is 4.74 Å². The number of carbonyl (C=O) groups excluding carboxylic acids is 1. The Kier molecular flexibility index (Phi) is 8.39. The summed E-state index contributed by atoms with van der Waals surface area (Å²) in [5.74, 6) is 1.40. The molecule has 0 atom stereocenters. The number of methoxy groups -OCH3 is 1. The standard InChI is InChI=1S/C22H35N3O4S/c1-29-21-10-8-20(9-11-21)24-14-16-25(17-15-24)30(27,28)18-13-23-22(26)12-7-19-5-3-2-4-6-19/h8-11,19H,2-7,12-18H2,1H3,(H,23,26). The Balaban J connectivity index is 1.36. The molecule has 168 valence electrons. The van der Waals surface area contributed by atoms with E-state index in [9.17, 15) is 13.2 Å². The first-order valence-electron chi connectivity index (χ1n) is 11.1. The van der Waals surface area contributed by atoms with E-state index in [0.717, 1.165) is 17.9 Å². The summed E-state index contributed by atoms with van der Waals surface area (Å²) in [5.41, 5.74) is 1.07. The first-order valence-corrected chi connectivity index (χ1v) is 12.7. The lowest BCUT2D eigenvalue weighted by atomic mass is 9.86. The molecule has 0 radical (unpaired) electrons. The Bertz CT molecular complexity index is 768. The second kappa shape index (κ2) is 11.0. The average Bonchev–Trinajstić information content (AvgIpc) is 2.78. The number of ether oxygens (including phenoxy) is 1. The highest BCUT2D eigenvalue weighted by molar-refractivity contribution is 7.89. The van der Waals surface area contributed by atoms with Crippen LogP contribution >= 0.6 is 0 Å². The van der Waals surface area contributed by atoms with E-state index in [1.807, 2.05) is 24.3 Å². The lowest BCUT2D eigenvalue weighted by Crippen LogP contribution is -2.50. The molecule has 1 saturated heterocycles. The van der Waals surface area contributed by atoms with Gasteiger partial charge in [0.2, 0.25) is 15.9 Å². The van der Waals surface area contributed by atoms with Gasteiger partial charge in [-0.3, -0.25) is 4.79 Å². The highest BCUT2D eigenvalue weighted by atomic mass is 32.2. The van der Waals surface area contributed by atoms with E-state index in [-0.39, 0.29) is 18.2 Å². The molecular formula is C22H35N3O4S. The van der Waals surface area contributed by atoms with Crippen molar-refractivity contribution in [2.45, 2.75) is 44.9 Å². The molecule has 1 heterocycles. The van der Waals surface area contributed by atoms with Crippen LogP contribution in [0.2, 0.25) is 0 Å². The normalized spacial score (nSPS) is 18.9. The van der Waals surface area contributed by atoms with Crippen LogP contribution < -0.4 is 15.0 Å². The summed E-state index contributed by atoms with van der Waals surface area (Å²) < 4.78 is 32.0. The topological polar surface area (TPSA) is 79.0 Å². The highest BCUT2D eigenvalue weighted by Crippen LogP contribution is 2.27. The fourth-order valence-electron chi connectivity index (χ4n) is 4.37. The first kappa shape index (κ1) is 22.9. The van der Waals surface area contributed by atoms with E-state index >= 15 is 0 Å². The zero-order valence-corrected chi connectivity index (χ0v) is 18.8. The molecule has 1 N–H and O–H groups in total. The third kappa shape index (κ3) is 6.60. The van der Waals surface area contributed by atoms with Crippen LogP contribution in [0.4, 0.5) is 5.69 Å². The molecule has 0 spiro atoms. The van der Waals surface area contributed by atoms with Crippen molar-refractivity contribution in [1.82, 2.24) is 9.62 Å². The van der Waals surface area contributed by atoms with Gasteiger partial charge in [-0.15, -0.1) is 0 Å². The van der Waals surface area contributed by atoms with E-state index in [1.165, 1.54) is 32.1 Å². The van der Waals surface area contributed by atoms with Crippen LogP contribution in [0.15, 0.2) is 24.3 Å². The molecule has 2 aliphatic rings. The second-order valence-electron chi connectivity index (χ2n) is 8.29. The van der Waals surface area contributed by atoms with Crippen molar-refractivity contribution in [2.75, 3.05) is 50.5 Å². The van der Waals surface area contributed by atoms with Crippen LogP contribution in [0.3, 0.4) is 0 Å². The lowest BCUT2D eigenvalue weighted by molar-refractivity contribution is -0.121. The molecule has 1 amide bonds. The molecule has 1 aromatic rings. The van der Waals surface area contributed by atoms with Crippen molar-refractivity contribution in [3.8, 4) is 5.75 Å². The van der Waals surface area contributed by atoms with Gasteiger partial charge in [-0.25, -0.2) is 8.42 Å². The van der Waals surface area contributed by atoms with Crippen LogP contribution in [-0.2, 0) is 14.8 Å². The van der Waals surface area contributed by atoms with E-state index in [1.54, 1.807) is 11.4 Å². The molecule has 8 heteroatoms. The summed E-state index contributed by atoms with van der Waals surface area (Å²) in [6.45, 7) is 2.41. The Morgan fingerprint density at radius 2 is 1.73 bits per heavy atom. The van der Waals surface area contributed by atoms with E-state index in [2.05, 4.69) is 10.2 Å². The number of carbonyl (C=O) groups is 1. The second-order valence-corrected chi connectivity index (χ2v) is 10.4. The van der Waals surface area contributed by atoms with Gasteiger partial charge in [0.05, 0.1) is 12.9 Å². The Hall–Kier alpha value is -1.80. The van der Waals surface area contributed by atoms with Crippen molar-refractivity contribution >= 4 is 21.6 Å². The molecule has 30 heavy (non-hydrogen) atoms. The predicted molar refractivity (Wildman–Crippen MR) is 119 cm³/mol. The molecule has 1 saturated carbocycles. The van der Waals surface area contributed by atoms with Crippen LogP contribution in [-0.4, -0.2) is 64.2 Å². The number of rotatable bonds is 9. The number of nitrogens with zero attached hydrogens (tertiary/aromatic N) is 2. The molecule has 1 aromatic carbocycles. The maximum atomic E-state index is 12.6. The minimum atomic E-state index is -3.36. The fraction of sp³-hybridized carbons (Fsp3) is 0.682. The highest BCUT2D eigenvalue weighted by Gasteiger charge is 2.27. The maximum Gasteiger partial charge on any atom is 0.220 e. The molecule has 0 bridgehead atoms. The molecule has 0 aromatic heterocycles. The Labute approximate surface area is 180 Å². The lowest BCUT2D eigenvalue weighted by Gasteiger charge is -2.35. The van der Waals surface area contributed by atoms with Crippen molar-refractivity contribution in [2.24, 2.45) is 5.92 Å². The number of piperazine rings is 1. The molecule has 2 fully saturated rings. The summed E-state index contributed by atoms with van der Waals surface area (Å²) in [6.07, 6.45) is 7.74. The van der Waals surface area contributed by atoms with Gasteiger partial charge in [-0.05, 0) is 36.6 Å². The first-order chi connectivity index (χ1) is 14.5. The van der Waals surface area contributed by atoms with Crippen LogP contribution in [0.5, 0.6) is 5.75 Å². The van der Waals surface area contributed by atoms with Crippen molar-refractivity contribution < 1.29 is 17.9 Å². The van der Waals surface area contributed by atoms with Crippen LogP contribution in [0.25, 0.3) is 0 Å². The SMILES string of the molecule is COc1ccc(N2CCN(S(=O)(=O)CCNC(=O)CCC3CCCCC3)CC2)cc1. The van der Waals surface area contributed by atoms with Crippen molar-refractivity contribution in [3.63, 3.8) is 0 Å². The summed E-state index contributed by atoms with van der Waals surface area (Å²) >= 11 is 0. The monoisotopic (exact) mass is 437 g/mol. The van der Waals surface area contributed by atoms with Gasteiger partial charge in [-0.1, -0.05) is 32.1 Å². The average molecular weight is 438 g/mol. The van der Waals surface area contributed by atoms with Gasteiger partial charge >= 0.3 is 0 Å². The number of hydrogen-bond donors (Lipinski definition) is 1. The van der Waals surface area contributed by atoms with Crippen LogP contribution in [0.1, 0.15) is 44.9 Å². The van der Waals surface area contributed by atoms with Gasteiger partial charge in [0.1, 0.15) is 5.75 Å². The summed E-state index contributed by atoms with van der Waals surface area (Å²) in [7, 11) is -1.72. The third-order valence-corrected chi connectivity index (χ3v) is 8.13. The van der Waals surface area contributed by atoms with E-state index < -0.39 is 10.0 Å². The van der Waals surface area contributed by atoms with Gasteiger partial charge in [0.25, 0.3) is 0 Å². The van der Waals surface area contributed by atoms with Gasteiger partial charge in [-0.2, -0.15) is 4.31 Å². The largest absolute Gasteiger partial charge is 0.497 e.